The van der Waals surface area contributed by atoms with E-state index >= 15 is 0 Å². The van der Waals surface area contributed by atoms with E-state index in [-0.39, 0.29) is 0 Å². The highest BCUT2D eigenvalue weighted by atomic mass is 79.9. The molecule has 6 heteroatoms. The smallest absolute Gasteiger partial charge is 0.160 e. The van der Waals surface area contributed by atoms with E-state index in [0.717, 1.165) is 27.9 Å². The number of nitrogens with zero attached hydrogens (tertiary/aromatic N) is 3. The Morgan fingerprint density at radius 1 is 1.43 bits per heavy atom. The number of fused-ring (bicyclic) bond motifs is 1. The summed E-state index contributed by atoms with van der Waals surface area (Å²) in [5.41, 5.74) is 1.97. The number of pyridine rings is 1. The van der Waals surface area contributed by atoms with Crippen LogP contribution in [-0.4, -0.2) is 31.9 Å². The minimum absolute atomic E-state index is 0.491. The van der Waals surface area contributed by atoms with Crippen molar-refractivity contribution < 1.29 is 0 Å². The molecule has 1 saturated carbocycles. The second-order valence-corrected chi connectivity index (χ2v) is 7.83. The first-order valence-electron chi connectivity index (χ1n) is 7.35. The average Bonchev–Trinajstić information content (AvgIpc) is 2.84. The fourth-order valence-corrected chi connectivity index (χ4v) is 4.72. The first kappa shape index (κ1) is 15.6. The average molecular weight is 389 g/mol. The minimum atomic E-state index is 0.491. The molecule has 0 aromatic carbocycles. The van der Waals surface area contributed by atoms with Crippen molar-refractivity contribution in [2.75, 3.05) is 12.1 Å². The van der Waals surface area contributed by atoms with E-state index in [4.69, 9.17) is 16.6 Å². The Kier molecular flexibility index (Phi) is 5.12. The monoisotopic (exact) mass is 387 g/mol. The van der Waals surface area contributed by atoms with Crippen molar-refractivity contribution in [2.45, 2.75) is 43.4 Å². The van der Waals surface area contributed by atoms with Crippen LogP contribution in [0.1, 0.15) is 37.5 Å². The van der Waals surface area contributed by atoms with Crippen LogP contribution in [0.2, 0.25) is 0 Å². The van der Waals surface area contributed by atoms with Crippen LogP contribution >= 0.6 is 39.3 Å². The molecule has 1 fully saturated rings. The van der Waals surface area contributed by atoms with Gasteiger partial charge in [0, 0.05) is 34.3 Å². The molecule has 1 aliphatic rings. The summed E-state index contributed by atoms with van der Waals surface area (Å²) in [5.74, 6) is 1.68. The summed E-state index contributed by atoms with van der Waals surface area (Å²) in [5, 5.41) is 0.649. The van der Waals surface area contributed by atoms with E-state index in [0.29, 0.717) is 17.2 Å². The number of hydrogen-bond donors (Lipinski definition) is 0. The van der Waals surface area contributed by atoms with Gasteiger partial charge in [-0.25, -0.2) is 9.97 Å². The van der Waals surface area contributed by atoms with Crippen LogP contribution in [0.5, 0.6) is 0 Å². The summed E-state index contributed by atoms with van der Waals surface area (Å²) >= 11 is 11.4. The molecule has 2 aromatic heterocycles. The van der Waals surface area contributed by atoms with E-state index in [2.05, 4.69) is 31.7 Å². The van der Waals surface area contributed by atoms with Crippen molar-refractivity contribution in [3.05, 3.63) is 22.6 Å². The number of aromatic nitrogens is 3. The van der Waals surface area contributed by atoms with Gasteiger partial charge in [-0.3, -0.25) is 0 Å². The van der Waals surface area contributed by atoms with E-state index in [1.807, 2.05) is 24.0 Å². The predicted molar refractivity (Wildman–Crippen MR) is 94.5 cm³/mol. The Labute approximate surface area is 143 Å². The van der Waals surface area contributed by atoms with Gasteiger partial charge in [0.15, 0.2) is 5.65 Å². The van der Waals surface area contributed by atoms with Gasteiger partial charge in [-0.1, -0.05) is 12.8 Å². The van der Waals surface area contributed by atoms with Crippen LogP contribution in [0, 0.1) is 0 Å². The fourth-order valence-electron chi connectivity index (χ4n) is 3.26. The summed E-state index contributed by atoms with van der Waals surface area (Å²) in [6.07, 6.45) is 9.99. The van der Waals surface area contributed by atoms with E-state index in [1.165, 1.54) is 25.7 Å². The quantitative estimate of drug-likeness (QED) is 0.703. The summed E-state index contributed by atoms with van der Waals surface area (Å²) in [4.78, 5) is 9.41. The molecule has 0 bridgehead atoms. The first-order valence-corrected chi connectivity index (χ1v) is 9.97. The molecule has 0 N–H and O–H groups in total. The van der Waals surface area contributed by atoms with Crippen molar-refractivity contribution >= 4 is 50.5 Å². The Hall–Kier alpha value is -0.260. The molecule has 1 aliphatic carbocycles. The summed E-state index contributed by atoms with van der Waals surface area (Å²) in [6.45, 7) is 0. The topological polar surface area (TPSA) is 30.7 Å². The van der Waals surface area contributed by atoms with Gasteiger partial charge in [0.05, 0.1) is 0 Å². The van der Waals surface area contributed by atoms with E-state index < -0.39 is 0 Å². The summed E-state index contributed by atoms with van der Waals surface area (Å²) < 4.78 is 3.34. The molecule has 2 aromatic rings. The number of rotatable bonds is 4. The molecular weight excluding hydrogens is 370 g/mol. The number of aryl methyl sites for hydroxylation is 1. The Bertz CT molecular complexity index is 631. The lowest BCUT2D eigenvalue weighted by Gasteiger charge is -2.32. The highest BCUT2D eigenvalue weighted by Gasteiger charge is 2.29. The maximum absolute atomic E-state index is 5.99. The number of imidazole rings is 1. The van der Waals surface area contributed by atoms with Crippen LogP contribution < -0.4 is 0 Å². The molecule has 0 aliphatic heterocycles. The van der Waals surface area contributed by atoms with Gasteiger partial charge in [0.1, 0.15) is 11.3 Å². The lowest BCUT2D eigenvalue weighted by molar-refractivity contribution is 0.363. The van der Waals surface area contributed by atoms with Gasteiger partial charge in [0.25, 0.3) is 0 Å². The molecular formula is C15H19BrClN3S. The minimum Gasteiger partial charge on any atom is -0.308 e. The first-order chi connectivity index (χ1) is 10.2. The van der Waals surface area contributed by atoms with Gasteiger partial charge < -0.3 is 4.57 Å². The van der Waals surface area contributed by atoms with Crippen molar-refractivity contribution in [1.29, 1.82) is 0 Å². The van der Waals surface area contributed by atoms with Crippen molar-refractivity contribution in [1.82, 2.24) is 14.5 Å². The lowest BCUT2D eigenvalue weighted by Crippen LogP contribution is -2.27. The second kappa shape index (κ2) is 6.88. The normalized spacial score (nSPS) is 22.8. The highest BCUT2D eigenvalue weighted by molar-refractivity contribution is 9.10. The predicted octanol–water partition coefficient (Wildman–Crippen LogP) is 4.82. The van der Waals surface area contributed by atoms with Gasteiger partial charge in [-0.05, 0) is 41.1 Å². The lowest BCUT2D eigenvalue weighted by atomic mass is 9.94. The molecule has 0 saturated heterocycles. The molecule has 2 unspecified atom stereocenters. The molecule has 0 radical (unpaired) electrons. The van der Waals surface area contributed by atoms with Crippen LogP contribution in [0.15, 0.2) is 16.7 Å². The number of hydrogen-bond acceptors (Lipinski definition) is 3. The maximum atomic E-state index is 5.99. The zero-order valence-corrected chi connectivity index (χ0v) is 15.2. The third-order valence-electron chi connectivity index (χ3n) is 4.19. The van der Waals surface area contributed by atoms with Gasteiger partial charge in [0.2, 0.25) is 0 Å². The van der Waals surface area contributed by atoms with Gasteiger partial charge in [-0.2, -0.15) is 11.8 Å². The molecule has 0 spiro atoms. The third kappa shape index (κ3) is 3.10. The van der Waals surface area contributed by atoms with Crippen LogP contribution in [0.25, 0.3) is 11.2 Å². The van der Waals surface area contributed by atoms with E-state index in [1.54, 1.807) is 0 Å². The Morgan fingerprint density at radius 2 is 2.24 bits per heavy atom. The number of alkyl halides is 1. The summed E-state index contributed by atoms with van der Waals surface area (Å²) in [6, 6.07) is 2.54. The maximum Gasteiger partial charge on any atom is 0.160 e. The number of thioether (sulfide) groups is 1. The fraction of sp³-hybridized carbons (Fsp3) is 0.600. The van der Waals surface area contributed by atoms with Gasteiger partial charge in [-0.15, -0.1) is 11.6 Å². The van der Waals surface area contributed by atoms with Crippen molar-refractivity contribution in [3.8, 4) is 0 Å². The molecule has 3 rings (SSSR count). The molecule has 2 atom stereocenters. The Balaban J connectivity index is 2.11. The van der Waals surface area contributed by atoms with Crippen molar-refractivity contribution in [2.24, 2.45) is 0 Å². The van der Waals surface area contributed by atoms with Crippen molar-refractivity contribution in [3.63, 3.8) is 0 Å². The molecule has 2 heterocycles. The summed E-state index contributed by atoms with van der Waals surface area (Å²) in [7, 11) is 0. The zero-order valence-electron chi connectivity index (χ0n) is 12.1. The van der Waals surface area contributed by atoms with Gasteiger partial charge >= 0.3 is 0 Å². The Morgan fingerprint density at radius 3 is 3.00 bits per heavy atom. The SMILES string of the molecule is CSC1CCCCC1n1c(CCCl)nc2cc(Br)cnc21. The third-order valence-corrected chi connectivity index (χ3v) is 5.97. The highest BCUT2D eigenvalue weighted by Crippen LogP contribution is 2.38. The molecule has 21 heavy (non-hydrogen) atoms. The van der Waals surface area contributed by atoms with Crippen LogP contribution in [0.4, 0.5) is 0 Å². The standard InChI is InChI=1S/C15H19BrClN3S/c1-21-13-5-3-2-4-12(13)20-14(6-7-17)19-11-8-10(16)9-18-15(11)20/h8-9,12-13H,2-7H2,1H3. The molecule has 114 valence electrons. The zero-order chi connectivity index (χ0) is 14.8. The molecule has 3 nitrogen and oxygen atoms in total. The largest absolute Gasteiger partial charge is 0.308 e. The number of halogens is 2. The van der Waals surface area contributed by atoms with Crippen LogP contribution in [-0.2, 0) is 6.42 Å². The van der Waals surface area contributed by atoms with E-state index in [9.17, 15) is 0 Å². The second-order valence-electron chi connectivity index (χ2n) is 5.46. The van der Waals surface area contributed by atoms with Crippen LogP contribution in [0.3, 0.4) is 0 Å². The molecule has 0 amide bonds.